The molecule has 1 saturated carbocycles. The largest absolute Gasteiger partial charge is 0.508 e. The van der Waals surface area contributed by atoms with E-state index < -0.39 is 0 Å². The van der Waals surface area contributed by atoms with Gasteiger partial charge in [0.15, 0.2) is 0 Å². The van der Waals surface area contributed by atoms with Gasteiger partial charge in [-0.1, -0.05) is 58.6 Å². The van der Waals surface area contributed by atoms with Crippen LogP contribution >= 0.6 is 0 Å². The molecule has 3 heteroatoms. The minimum atomic E-state index is 0.0441. The van der Waals surface area contributed by atoms with E-state index in [4.69, 9.17) is 0 Å². The van der Waals surface area contributed by atoms with Crippen molar-refractivity contribution in [2.45, 2.75) is 96.3 Å². The lowest BCUT2D eigenvalue weighted by molar-refractivity contribution is -0.121. The summed E-state index contributed by atoms with van der Waals surface area (Å²) in [6.07, 6.45) is 9.82. The molecule has 0 heterocycles. The van der Waals surface area contributed by atoms with Gasteiger partial charge in [-0.3, -0.25) is 4.79 Å². The van der Waals surface area contributed by atoms with Crippen molar-refractivity contribution < 1.29 is 15.0 Å². The number of aromatic hydroxyl groups is 1. The molecule has 2 N–H and O–H groups in total. The number of ketones is 1. The van der Waals surface area contributed by atoms with Gasteiger partial charge in [0, 0.05) is 19.4 Å². The minimum absolute atomic E-state index is 0.0441. The van der Waals surface area contributed by atoms with E-state index in [1.165, 1.54) is 31.2 Å². The number of aliphatic hydroxyl groups is 1. The van der Waals surface area contributed by atoms with Crippen molar-refractivity contribution in [3.05, 3.63) is 29.3 Å². The molecule has 0 aromatic heterocycles. The van der Waals surface area contributed by atoms with Crippen LogP contribution in [0.15, 0.2) is 18.2 Å². The molecule has 2 rings (SSSR count). The van der Waals surface area contributed by atoms with Crippen LogP contribution in [0.25, 0.3) is 0 Å². The van der Waals surface area contributed by atoms with Crippen LogP contribution in [0.5, 0.6) is 5.75 Å². The highest BCUT2D eigenvalue weighted by Gasteiger charge is 2.32. The van der Waals surface area contributed by atoms with Gasteiger partial charge < -0.3 is 10.2 Å². The van der Waals surface area contributed by atoms with Crippen LogP contribution in [0.3, 0.4) is 0 Å². The fraction of sp³-hybridized carbons (Fsp3) is 0.708. The zero-order chi connectivity index (χ0) is 19.9. The topological polar surface area (TPSA) is 57.5 Å². The second kappa shape index (κ2) is 10.3. The Hall–Kier alpha value is -1.35. The summed E-state index contributed by atoms with van der Waals surface area (Å²) in [4.78, 5) is 12.0. The SMILES string of the molecule is CCCCCCC(C)(C)c1ccc([C@@H]2CC(=O)CC[C@H]2CCCO)c(O)c1. The van der Waals surface area contributed by atoms with Crippen LogP contribution in [-0.2, 0) is 10.2 Å². The maximum absolute atomic E-state index is 12.0. The number of hydrogen-bond acceptors (Lipinski definition) is 3. The van der Waals surface area contributed by atoms with Gasteiger partial charge in [0.05, 0.1) is 0 Å². The number of unbranched alkanes of at least 4 members (excludes halogenated alkanes) is 3. The van der Waals surface area contributed by atoms with Crippen molar-refractivity contribution in [2.75, 3.05) is 6.61 Å². The van der Waals surface area contributed by atoms with Gasteiger partial charge in [0.2, 0.25) is 0 Å². The summed E-state index contributed by atoms with van der Waals surface area (Å²) < 4.78 is 0. The highest BCUT2D eigenvalue weighted by molar-refractivity contribution is 5.80. The number of aliphatic hydroxyl groups excluding tert-OH is 1. The van der Waals surface area contributed by atoms with E-state index in [0.717, 1.165) is 31.2 Å². The lowest BCUT2D eigenvalue weighted by Crippen LogP contribution is -2.24. The summed E-state index contributed by atoms with van der Waals surface area (Å²) in [5.74, 6) is 1.08. The molecular formula is C24H38O3. The van der Waals surface area contributed by atoms with Crippen molar-refractivity contribution in [3.63, 3.8) is 0 Å². The zero-order valence-electron chi connectivity index (χ0n) is 17.5. The Bertz CT molecular complexity index is 606. The molecule has 0 bridgehead atoms. The summed E-state index contributed by atoms with van der Waals surface area (Å²) in [5, 5.41) is 20.0. The van der Waals surface area contributed by atoms with Crippen LogP contribution < -0.4 is 0 Å². The molecule has 3 nitrogen and oxygen atoms in total. The molecule has 27 heavy (non-hydrogen) atoms. The standard InChI is InChI=1S/C24H38O3/c1-4-5-6-7-14-24(2,3)19-11-13-21(23(27)16-19)22-17-20(26)12-10-18(22)9-8-15-25/h11,13,16,18,22,25,27H,4-10,12,14-15,17H2,1-3H3/t18-,22-/m1/s1. The van der Waals surface area contributed by atoms with E-state index in [1.54, 1.807) is 0 Å². The third-order valence-electron chi connectivity index (χ3n) is 6.41. The van der Waals surface area contributed by atoms with Gasteiger partial charge in [0.1, 0.15) is 11.5 Å². The average molecular weight is 375 g/mol. The Morgan fingerprint density at radius 2 is 1.93 bits per heavy atom. The van der Waals surface area contributed by atoms with Crippen LogP contribution in [0.1, 0.15) is 102 Å². The number of hydrogen-bond donors (Lipinski definition) is 2. The molecule has 1 aromatic rings. The molecule has 1 aliphatic carbocycles. The number of phenolic OH excluding ortho intramolecular Hbond substituents is 1. The number of phenols is 1. The molecule has 2 atom stereocenters. The fourth-order valence-electron chi connectivity index (χ4n) is 4.54. The summed E-state index contributed by atoms with van der Waals surface area (Å²) in [5.41, 5.74) is 2.13. The van der Waals surface area contributed by atoms with E-state index in [0.29, 0.717) is 30.3 Å². The van der Waals surface area contributed by atoms with Crippen molar-refractivity contribution in [2.24, 2.45) is 5.92 Å². The van der Waals surface area contributed by atoms with Crippen molar-refractivity contribution in [1.82, 2.24) is 0 Å². The number of carbonyl (C=O) groups excluding carboxylic acids is 1. The first-order valence-electron chi connectivity index (χ1n) is 10.8. The predicted octanol–water partition coefficient (Wildman–Crippen LogP) is 5.87. The third kappa shape index (κ3) is 6.07. The molecule has 1 fully saturated rings. The van der Waals surface area contributed by atoms with Crippen LogP contribution in [0.2, 0.25) is 0 Å². The van der Waals surface area contributed by atoms with E-state index in [2.05, 4.69) is 26.8 Å². The Morgan fingerprint density at radius 3 is 2.59 bits per heavy atom. The number of carbonyl (C=O) groups is 1. The molecule has 0 spiro atoms. The Morgan fingerprint density at radius 1 is 1.15 bits per heavy atom. The highest BCUT2D eigenvalue weighted by atomic mass is 16.3. The van der Waals surface area contributed by atoms with Gasteiger partial charge in [-0.05, 0) is 60.1 Å². The second-order valence-electron chi connectivity index (χ2n) is 8.98. The second-order valence-corrected chi connectivity index (χ2v) is 8.98. The van der Waals surface area contributed by atoms with E-state index in [-0.39, 0.29) is 17.9 Å². The predicted molar refractivity (Wildman–Crippen MR) is 111 cm³/mol. The normalized spacial score (nSPS) is 20.8. The van der Waals surface area contributed by atoms with Gasteiger partial charge in [0.25, 0.3) is 0 Å². The Labute approximate surface area is 165 Å². The maximum atomic E-state index is 12.0. The molecule has 0 saturated heterocycles. The summed E-state index contributed by atoms with van der Waals surface area (Å²) in [6, 6.07) is 6.13. The first-order valence-corrected chi connectivity index (χ1v) is 10.8. The highest BCUT2D eigenvalue weighted by Crippen LogP contribution is 2.43. The average Bonchev–Trinajstić information content (AvgIpc) is 2.64. The van der Waals surface area contributed by atoms with Crippen LogP contribution in [0, 0.1) is 5.92 Å². The molecule has 0 unspecified atom stereocenters. The third-order valence-corrected chi connectivity index (χ3v) is 6.41. The molecule has 152 valence electrons. The van der Waals surface area contributed by atoms with Crippen LogP contribution in [-0.4, -0.2) is 22.6 Å². The van der Waals surface area contributed by atoms with E-state index in [9.17, 15) is 15.0 Å². The number of benzene rings is 1. The van der Waals surface area contributed by atoms with E-state index in [1.807, 2.05) is 12.1 Å². The van der Waals surface area contributed by atoms with Gasteiger partial charge in [-0.15, -0.1) is 0 Å². The Kier molecular flexibility index (Phi) is 8.34. The molecule has 0 amide bonds. The van der Waals surface area contributed by atoms with Crippen molar-refractivity contribution in [3.8, 4) is 5.75 Å². The van der Waals surface area contributed by atoms with Gasteiger partial charge in [-0.2, -0.15) is 0 Å². The lowest BCUT2D eigenvalue weighted by Gasteiger charge is -2.32. The lowest BCUT2D eigenvalue weighted by atomic mass is 9.72. The Balaban J connectivity index is 2.15. The maximum Gasteiger partial charge on any atom is 0.133 e. The fourth-order valence-corrected chi connectivity index (χ4v) is 4.54. The zero-order valence-corrected chi connectivity index (χ0v) is 17.5. The quantitative estimate of drug-likeness (QED) is 0.504. The molecule has 0 aliphatic heterocycles. The molecular weight excluding hydrogens is 336 g/mol. The summed E-state index contributed by atoms with van der Waals surface area (Å²) in [6.45, 7) is 6.92. The van der Waals surface area contributed by atoms with Crippen molar-refractivity contribution >= 4 is 5.78 Å². The van der Waals surface area contributed by atoms with E-state index >= 15 is 0 Å². The first kappa shape index (κ1) is 21.9. The molecule has 0 radical (unpaired) electrons. The summed E-state index contributed by atoms with van der Waals surface area (Å²) >= 11 is 0. The van der Waals surface area contributed by atoms with Gasteiger partial charge >= 0.3 is 0 Å². The summed E-state index contributed by atoms with van der Waals surface area (Å²) in [7, 11) is 0. The first-order chi connectivity index (χ1) is 12.9. The molecule has 1 aliphatic rings. The smallest absolute Gasteiger partial charge is 0.133 e. The van der Waals surface area contributed by atoms with Gasteiger partial charge in [-0.25, -0.2) is 0 Å². The van der Waals surface area contributed by atoms with Crippen LogP contribution in [0.4, 0.5) is 0 Å². The number of rotatable bonds is 10. The molecule has 1 aromatic carbocycles. The van der Waals surface area contributed by atoms with Crippen molar-refractivity contribution in [1.29, 1.82) is 0 Å². The minimum Gasteiger partial charge on any atom is -0.508 e. The number of Topliss-reactive ketones (excluding diaryl/α,β-unsaturated/α-hetero) is 1. The monoisotopic (exact) mass is 374 g/mol.